The summed E-state index contributed by atoms with van der Waals surface area (Å²) >= 11 is 0. The molecule has 48 heavy (non-hydrogen) atoms. The van der Waals surface area contributed by atoms with Gasteiger partial charge < -0.3 is 34.4 Å². The number of rotatable bonds is 12. The number of aliphatic hydroxyl groups is 2. The van der Waals surface area contributed by atoms with Gasteiger partial charge in [0, 0.05) is 31.8 Å². The molecule has 4 rings (SSSR count). The van der Waals surface area contributed by atoms with Crippen LogP contribution in [0.1, 0.15) is 90.8 Å². The van der Waals surface area contributed by atoms with Crippen LogP contribution in [0.5, 0.6) is 0 Å². The Morgan fingerprint density at radius 2 is 1.98 bits per heavy atom. The van der Waals surface area contributed by atoms with Crippen molar-refractivity contribution in [3.8, 4) is 0 Å². The summed E-state index contributed by atoms with van der Waals surface area (Å²) in [7, 11) is 0. The number of carbonyl (C=O) groups excluding carboxylic acids is 3. The van der Waals surface area contributed by atoms with Gasteiger partial charge in [0.05, 0.1) is 36.2 Å². The maximum absolute atomic E-state index is 12.5. The van der Waals surface area contributed by atoms with E-state index in [2.05, 4.69) is 46.8 Å². The van der Waals surface area contributed by atoms with Crippen LogP contribution in [0.3, 0.4) is 0 Å². The number of ether oxygens (including phenoxy) is 2. The molecule has 3 fully saturated rings. The van der Waals surface area contributed by atoms with Crippen LogP contribution in [0.15, 0.2) is 52.8 Å². The minimum Gasteiger partial charge on any atom is -0.396 e. The molecule has 0 bridgehead atoms. The standard InChI is InChI=1S/C29H45N3O6.C6H7NO3/c1-7-23-15-22(16-33)28(35)26(37-23)12-9-17(2)8-11-25-19(4)14-24(20(5)36-25)31-27(34)13-10-18(3)29-30-21(6)38-32-29;1-5-2-3-6(9)7(5)10-4-8/h8-10,12-13,18-20,22-26,28,33,35H,7,11,14-16H2,1-6H3,(H,31,34);4H,1-3H2/b12-9+,13-10-,17-8+;/t18?,19?,20?,22?,23-,24?,25?,26?,28+;/m1./s1. The minimum absolute atomic E-state index is 0.0356. The van der Waals surface area contributed by atoms with Crippen LogP contribution in [0.4, 0.5) is 0 Å². The molecule has 3 aliphatic heterocycles. The first-order valence-corrected chi connectivity index (χ1v) is 16.7. The summed E-state index contributed by atoms with van der Waals surface area (Å²) < 4.78 is 17.3. The third kappa shape index (κ3) is 11.2. The molecule has 3 aliphatic rings. The fraction of sp³-hybridized carbons (Fsp3) is 0.629. The highest BCUT2D eigenvalue weighted by molar-refractivity contribution is 5.87. The van der Waals surface area contributed by atoms with Gasteiger partial charge in [-0.3, -0.25) is 14.4 Å². The van der Waals surface area contributed by atoms with Gasteiger partial charge in [-0.15, -0.1) is 5.06 Å². The number of carbonyl (C=O) groups is 3. The maximum atomic E-state index is 12.5. The van der Waals surface area contributed by atoms with E-state index in [1.165, 1.54) is 6.08 Å². The van der Waals surface area contributed by atoms with E-state index >= 15 is 0 Å². The van der Waals surface area contributed by atoms with E-state index in [9.17, 15) is 24.6 Å². The van der Waals surface area contributed by atoms with Crippen molar-refractivity contribution >= 4 is 18.3 Å². The molecule has 1 aromatic rings. The van der Waals surface area contributed by atoms with Crippen LogP contribution in [0.2, 0.25) is 0 Å². The average Bonchev–Trinajstić information content (AvgIpc) is 3.64. The van der Waals surface area contributed by atoms with E-state index in [0.29, 0.717) is 36.7 Å². The second-order valence-corrected chi connectivity index (χ2v) is 12.8. The summed E-state index contributed by atoms with van der Waals surface area (Å²) in [6.07, 6.45) is 12.3. The number of aromatic nitrogens is 2. The Kier molecular flexibility index (Phi) is 15.2. The summed E-state index contributed by atoms with van der Waals surface area (Å²) in [4.78, 5) is 41.6. The molecule has 1 aromatic heterocycles. The quantitative estimate of drug-likeness (QED) is 0.167. The Balaban J connectivity index is 0.000000533. The van der Waals surface area contributed by atoms with Crippen molar-refractivity contribution in [1.29, 1.82) is 0 Å². The predicted octanol–water partition coefficient (Wildman–Crippen LogP) is 3.98. The van der Waals surface area contributed by atoms with Crippen molar-refractivity contribution in [2.45, 2.75) is 123 Å². The minimum atomic E-state index is -0.706. The Morgan fingerprint density at radius 1 is 1.23 bits per heavy atom. The van der Waals surface area contributed by atoms with Gasteiger partial charge in [0.2, 0.25) is 11.8 Å². The first-order valence-electron chi connectivity index (χ1n) is 16.7. The SMILES string of the molecule is C=C1CCC(=O)N1OC=O.CC[C@@H]1CC(CO)[C@H](O)C(/C=C/C(C)=C/CC2OC(C)C(NC(=O)/C=C\C(C)c3noc(C)n3)CC2C)O1. The average molecular weight is 673 g/mol. The van der Waals surface area contributed by atoms with Crippen molar-refractivity contribution in [2.75, 3.05) is 6.61 Å². The van der Waals surface area contributed by atoms with E-state index < -0.39 is 12.2 Å². The van der Waals surface area contributed by atoms with E-state index in [-0.39, 0.29) is 67.0 Å². The van der Waals surface area contributed by atoms with Crippen LogP contribution >= 0.6 is 0 Å². The smallest absolute Gasteiger partial charge is 0.321 e. The van der Waals surface area contributed by atoms with Gasteiger partial charge in [-0.1, -0.05) is 62.4 Å². The zero-order chi connectivity index (χ0) is 35.4. The highest BCUT2D eigenvalue weighted by Crippen LogP contribution is 2.30. The highest BCUT2D eigenvalue weighted by atomic mass is 16.7. The number of aliphatic hydroxyl groups excluding tert-OH is 2. The fourth-order valence-electron chi connectivity index (χ4n) is 5.89. The Morgan fingerprint density at radius 3 is 2.58 bits per heavy atom. The number of aryl methyl sites for hydroxylation is 1. The number of hydrogen-bond acceptors (Lipinski definition) is 11. The molecular formula is C35H52N4O9. The van der Waals surface area contributed by atoms with Crippen molar-refractivity contribution in [2.24, 2.45) is 11.8 Å². The third-order valence-corrected chi connectivity index (χ3v) is 8.97. The molecule has 0 spiro atoms. The molecule has 266 valence electrons. The number of allylic oxidation sites excluding steroid dienone is 4. The van der Waals surface area contributed by atoms with Gasteiger partial charge in [-0.2, -0.15) is 4.98 Å². The summed E-state index contributed by atoms with van der Waals surface area (Å²) in [5.41, 5.74) is 1.60. The molecule has 0 radical (unpaired) electrons. The largest absolute Gasteiger partial charge is 0.396 e. The van der Waals surface area contributed by atoms with E-state index in [0.717, 1.165) is 29.9 Å². The second kappa shape index (κ2) is 18.8. The van der Waals surface area contributed by atoms with Crippen LogP contribution in [-0.4, -0.2) is 86.9 Å². The number of nitrogens with one attached hydrogen (secondary N) is 1. The van der Waals surface area contributed by atoms with Crippen LogP contribution in [-0.2, 0) is 28.7 Å². The maximum Gasteiger partial charge on any atom is 0.321 e. The summed E-state index contributed by atoms with van der Waals surface area (Å²) in [5, 5.41) is 28.0. The lowest BCUT2D eigenvalue weighted by molar-refractivity contribution is -0.174. The first-order chi connectivity index (χ1) is 22.9. The van der Waals surface area contributed by atoms with Gasteiger partial charge in [0.1, 0.15) is 6.10 Å². The van der Waals surface area contributed by atoms with Crippen molar-refractivity contribution < 1.29 is 43.4 Å². The van der Waals surface area contributed by atoms with E-state index in [4.69, 9.17) is 14.0 Å². The molecule has 0 saturated carbocycles. The summed E-state index contributed by atoms with van der Waals surface area (Å²) in [5.74, 6) is 0.671. The van der Waals surface area contributed by atoms with Crippen LogP contribution in [0, 0.1) is 18.8 Å². The van der Waals surface area contributed by atoms with Crippen LogP contribution in [0.25, 0.3) is 0 Å². The van der Waals surface area contributed by atoms with Gasteiger partial charge in [0.25, 0.3) is 5.91 Å². The van der Waals surface area contributed by atoms with Gasteiger partial charge in [0.15, 0.2) is 5.82 Å². The van der Waals surface area contributed by atoms with Gasteiger partial charge in [-0.05, 0) is 57.9 Å². The Labute approximate surface area is 283 Å². The molecule has 9 atom stereocenters. The number of nitrogens with zero attached hydrogens (tertiary/aromatic N) is 3. The number of hydroxylamine groups is 2. The molecule has 13 nitrogen and oxygen atoms in total. The second-order valence-electron chi connectivity index (χ2n) is 12.8. The van der Waals surface area contributed by atoms with E-state index in [1.807, 2.05) is 32.9 Å². The topological polar surface area (TPSA) is 174 Å². The van der Waals surface area contributed by atoms with E-state index in [1.54, 1.807) is 13.0 Å². The molecular weight excluding hydrogens is 620 g/mol. The Bertz CT molecular complexity index is 1310. The molecule has 13 heteroatoms. The summed E-state index contributed by atoms with van der Waals surface area (Å²) in [6.45, 7) is 15.6. The lowest BCUT2D eigenvalue weighted by Gasteiger charge is -2.39. The van der Waals surface area contributed by atoms with Gasteiger partial charge in [-0.25, -0.2) is 0 Å². The lowest BCUT2D eigenvalue weighted by Crippen LogP contribution is -2.50. The molecule has 4 heterocycles. The van der Waals surface area contributed by atoms with Crippen molar-refractivity contribution in [3.63, 3.8) is 0 Å². The predicted molar refractivity (Wildman–Crippen MR) is 177 cm³/mol. The number of amides is 2. The molecule has 2 amide bonds. The monoisotopic (exact) mass is 672 g/mol. The zero-order valence-electron chi connectivity index (χ0n) is 28.9. The van der Waals surface area contributed by atoms with Crippen molar-refractivity contribution in [3.05, 3.63) is 59.9 Å². The van der Waals surface area contributed by atoms with Gasteiger partial charge >= 0.3 is 6.47 Å². The zero-order valence-corrected chi connectivity index (χ0v) is 28.9. The molecule has 3 saturated heterocycles. The highest BCUT2D eigenvalue weighted by Gasteiger charge is 2.36. The summed E-state index contributed by atoms with van der Waals surface area (Å²) in [6, 6.07) is -0.0676. The number of hydrogen-bond donors (Lipinski definition) is 3. The molecule has 0 aliphatic carbocycles. The lowest BCUT2D eigenvalue weighted by atomic mass is 9.87. The molecule has 3 N–H and O–H groups in total. The fourth-order valence-corrected chi connectivity index (χ4v) is 5.89. The molecule has 7 unspecified atom stereocenters. The first kappa shape index (κ1) is 38.8. The molecule has 0 aromatic carbocycles. The normalized spacial score (nSPS) is 30.3. The Hall–Kier alpha value is -3.65. The third-order valence-electron chi connectivity index (χ3n) is 8.97. The van der Waals surface area contributed by atoms with Crippen LogP contribution < -0.4 is 5.32 Å². The van der Waals surface area contributed by atoms with Crippen molar-refractivity contribution in [1.82, 2.24) is 20.5 Å².